The Hall–Kier alpha value is -1.73. The zero-order chi connectivity index (χ0) is 17.8. The predicted octanol–water partition coefficient (Wildman–Crippen LogP) is 2.51. The van der Waals surface area contributed by atoms with Crippen molar-refractivity contribution < 1.29 is 4.79 Å². The number of piperidine rings is 1. The number of fused-ring (bicyclic) bond motifs is 1. The number of rotatable bonds is 6. The second-order valence-electron chi connectivity index (χ2n) is 7.30. The summed E-state index contributed by atoms with van der Waals surface area (Å²) in [6.45, 7) is 6.08. The summed E-state index contributed by atoms with van der Waals surface area (Å²) >= 11 is 1.62. The van der Waals surface area contributed by atoms with E-state index < -0.39 is 0 Å². The number of nitrogens with one attached hydrogen (secondary N) is 1. The molecule has 7 heteroatoms. The number of carbonyl (C=O) groups is 1. The van der Waals surface area contributed by atoms with E-state index >= 15 is 0 Å². The molecule has 4 heterocycles. The van der Waals surface area contributed by atoms with Gasteiger partial charge in [-0.3, -0.25) is 4.79 Å². The van der Waals surface area contributed by atoms with Crippen molar-refractivity contribution in [3.05, 3.63) is 18.3 Å². The standard InChI is InChI=1S/C19H27N5OS/c25-17(20-9-5-12-23-10-1-2-11-23)15-6-4-13-24(14-15)19-22-16-7-3-8-21-18(16)26-19/h3,7-8,15H,1-2,4-6,9-14H2,(H,20,25)/t15-/m1/s1. The number of carbonyl (C=O) groups excluding carboxylic acids is 1. The second kappa shape index (κ2) is 8.31. The average Bonchev–Trinajstić information content (AvgIpc) is 3.34. The summed E-state index contributed by atoms with van der Waals surface area (Å²) in [5.74, 6) is 0.269. The van der Waals surface area contributed by atoms with E-state index in [2.05, 4.69) is 20.1 Å². The highest BCUT2D eigenvalue weighted by Gasteiger charge is 2.27. The van der Waals surface area contributed by atoms with Crippen molar-refractivity contribution in [3.63, 3.8) is 0 Å². The number of likely N-dealkylation sites (tertiary alicyclic amines) is 1. The molecule has 2 saturated heterocycles. The Morgan fingerprint density at radius 2 is 2.15 bits per heavy atom. The van der Waals surface area contributed by atoms with Gasteiger partial charge in [0, 0.05) is 25.8 Å². The molecule has 1 amide bonds. The Bertz CT molecular complexity index is 709. The number of anilines is 1. The van der Waals surface area contributed by atoms with Crippen LogP contribution >= 0.6 is 11.3 Å². The maximum Gasteiger partial charge on any atom is 0.224 e. The maximum absolute atomic E-state index is 12.6. The normalized spacial score (nSPS) is 21.4. The summed E-state index contributed by atoms with van der Waals surface area (Å²) in [4.78, 5) is 27.4. The molecule has 0 bridgehead atoms. The first kappa shape index (κ1) is 17.7. The molecule has 2 aromatic rings. The van der Waals surface area contributed by atoms with E-state index in [1.165, 1.54) is 25.9 Å². The third-order valence-electron chi connectivity index (χ3n) is 5.37. The van der Waals surface area contributed by atoms with Gasteiger partial charge in [0.15, 0.2) is 5.13 Å². The lowest BCUT2D eigenvalue weighted by molar-refractivity contribution is -0.125. The van der Waals surface area contributed by atoms with Crippen LogP contribution in [0, 0.1) is 5.92 Å². The van der Waals surface area contributed by atoms with E-state index in [4.69, 9.17) is 4.98 Å². The molecule has 140 valence electrons. The van der Waals surface area contributed by atoms with Crippen LogP contribution in [0.15, 0.2) is 18.3 Å². The highest BCUT2D eigenvalue weighted by Crippen LogP contribution is 2.30. The molecule has 1 N–H and O–H groups in total. The number of amides is 1. The van der Waals surface area contributed by atoms with Crippen LogP contribution in [-0.4, -0.2) is 60.0 Å². The average molecular weight is 374 g/mol. The van der Waals surface area contributed by atoms with E-state index in [0.29, 0.717) is 0 Å². The van der Waals surface area contributed by atoms with E-state index in [-0.39, 0.29) is 11.8 Å². The minimum atomic E-state index is 0.0653. The topological polar surface area (TPSA) is 61.4 Å². The minimum absolute atomic E-state index is 0.0653. The van der Waals surface area contributed by atoms with Gasteiger partial charge in [-0.25, -0.2) is 9.97 Å². The van der Waals surface area contributed by atoms with Gasteiger partial charge < -0.3 is 15.1 Å². The summed E-state index contributed by atoms with van der Waals surface area (Å²) in [6.07, 6.45) is 7.51. The lowest BCUT2D eigenvalue weighted by atomic mass is 9.97. The number of hydrogen-bond acceptors (Lipinski definition) is 6. The van der Waals surface area contributed by atoms with Crippen molar-refractivity contribution in [2.45, 2.75) is 32.1 Å². The fourth-order valence-corrected chi connectivity index (χ4v) is 4.87. The van der Waals surface area contributed by atoms with Gasteiger partial charge in [0.05, 0.1) is 5.92 Å². The fourth-order valence-electron chi connectivity index (χ4n) is 3.92. The molecule has 0 aromatic carbocycles. The summed E-state index contributed by atoms with van der Waals surface area (Å²) in [7, 11) is 0. The Labute approximate surface area is 158 Å². The molecule has 26 heavy (non-hydrogen) atoms. The molecule has 2 aliphatic rings. The highest BCUT2D eigenvalue weighted by atomic mass is 32.1. The summed E-state index contributed by atoms with van der Waals surface area (Å²) < 4.78 is 0. The van der Waals surface area contributed by atoms with Crippen LogP contribution in [-0.2, 0) is 4.79 Å². The van der Waals surface area contributed by atoms with Gasteiger partial charge in [0.2, 0.25) is 5.91 Å². The quantitative estimate of drug-likeness (QED) is 0.789. The third kappa shape index (κ3) is 4.15. The Kier molecular flexibility index (Phi) is 5.65. The number of aromatic nitrogens is 2. The zero-order valence-electron chi connectivity index (χ0n) is 15.2. The van der Waals surface area contributed by atoms with Crippen molar-refractivity contribution >= 4 is 32.7 Å². The fraction of sp³-hybridized carbons (Fsp3) is 0.632. The number of nitrogens with zero attached hydrogens (tertiary/aromatic N) is 4. The molecule has 1 atom stereocenters. The molecule has 2 fully saturated rings. The predicted molar refractivity (Wildman–Crippen MR) is 106 cm³/mol. The number of pyridine rings is 1. The largest absolute Gasteiger partial charge is 0.356 e. The molecule has 6 nitrogen and oxygen atoms in total. The van der Waals surface area contributed by atoms with Crippen LogP contribution in [0.3, 0.4) is 0 Å². The van der Waals surface area contributed by atoms with Gasteiger partial charge in [-0.1, -0.05) is 11.3 Å². The van der Waals surface area contributed by atoms with Crippen LogP contribution in [0.1, 0.15) is 32.1 Å². The van der Waals surface area contributed by atoms with Crippen molar-refractivity contribution in [1.82, 2.24) is 20.2 Å². The SMILES string of the molecule is O=C(NCCCN1CCCC1)[C@@H]1CCCN(c2nc3cccnc3s2)C1. The van der Waals surface area contributed by atoms with Gasteiger partial charge in [-0.05, 0) is 63.9 Å². The molecule has 2 aliphatic heterocycles. The van der Waals surface area contributed by atoms with Gasteiger partial charge >= 0.3 is 0 Å². The van der Waals surface area contributed by atoms with Crippen LogP contribution < -0.4 is 10.2 Å². The molecule has 0 spiro atoms. The summed E-state index contributed by atoms with van der Waals surface area (Å²) in [5.41, 5.74) is 0.945. The number of hydrogen-bond donors (Lipinski definition) is 1. The molecular formula is C19H27N5OS. The Morgan fingerprint density at radius 1 is 1.27 bits per heavy atom. The molecule has 0 unspecified atom stereocenters. The van der Waals surface area contributed by atoms with Gasteiger partial charge in [-0.15, -0.1) is 0 Å². The molecular weight excluding hydrogens is 346 g/mol. The van der Waals surface area contributed by atoms with E-state index in [0.717, 1.165) is 60.9 Å². The molecule has 4 rings (SSSR count). The van der Waals surface area contributed by atoms with E-state index in [1.807, 2.05) is 12.1 Å². The maximum atomic E-state index is 12.6. The molecule has 2 aromatic heterocycles. The highest BCUT2D eigenvalue weighted by molar-refractivity contribution is 7.21. The summed E-state index contributed by atoms with van der Waals surface area (Å²) in [5, 5.41) is 4.14. The first-order valence-electron chi connectivity index (χ1n) is 9.76. The van der Waals surface area contributed by atoms with Crippen molar-refractivity contribution in [3.8, 4) is 0 Å². The molecule has 0 saturated carbocycles. The first-order valence-corrected chi connectivity index (χ1v) is 10.6. The van der Waals surface area contributed by atoms with E-state index in [1.54, 1.807) is 17.5 Å². The van der Waals surface area contributed by atoms with Crippen molar-refractivity contribution in [1.29, 1.82) is 0 Å². The van der Waals surface area contributed by atoms with Crippen molar-refractivity contribution in [2.24, 2.45) is 5.92 Å². The van der Waals surface area contributed by atoms with E-state index in [9.17, 15) is 4.79 Å². The van der Waals surface area contributed by atoms with Gasteiger partial charge in [0.1, 0.15) is 10.3 Å². The van der Waals surface area contributed by atoms with Crippen LogP contribution in [0.5, 0.6) is 0 Å². The number of thiazole rings is 1. The monoisotopic (exact) mass is 373 g/mol. The minimum Gasteiger partial charge on any atom is -0.356 e. The summed E-state index contributed by atoms with van der Waals surface area (Å²) in [6, 6.07) is 3.91. The van der Waals surface area contributed by atoms with Gasteiger partial charge in [-0.2, -0.15) is 0 Å². The lowest BCUT2D eigenvalue weighted by Gasteiger charge is -2.31. The Morgan fingerprint density at radius 3 is 3.00 bits per heavy atom. The van der Waals surface area contributed by atoms with Crippen LogP contribution in [0.2, 0.25) is 0 Å². The zero-order valence-corrected chi connectivity index (χ0v) is 16.0. The van der Waals surface area contributed by atoms with Crippen LogP contribution in [0.4, 0.5) is 5.13 Å². The third-order valence-corrected chi connectivity index (χ3v) is 6.41. The second-order valence-corrected chi connectivity index (χ2v) is 8.26. The smallest absolute Gasteiger partial charge is 0.224 e. The molecule has 0 aliphatic carbocycles. The molecule has 0 radical (unpaired) electrons. The van der Waals surface area contributed by atoms with Crippen LogP contribution in [0.25, 0.3) is 10.3 Å². The first-order chi connectivity index (χ1) is 12.8. The van der Waals surface area contributed by atoms with Gasteiger partial charge in [0.25, 0.3) is 0 Å². The Balaban J connectivity index is 1.27. The lowest BCUT2D eigenvalue weighted by Crippen LogP contribution is -2.43. The van der Waals surface area contributed by atoms with Crippen molar-refractivity contribution in [2.75, 3.05) is 44.2 Å².